The van der Waals surface area contributed by atoms with Gasteiger partial charge in [-0.05, 0) is 54.5 Å². The highest BCUT2D eigenvalue weighted by Crippen LogP contribution is 2.45. The Bertz CT molecular complexity index is 1070. The molecule has 1 aliphatic carbocycles. The molecular formula is C28H36N2O7. The van der Waals surface area contributed by atoms with Crippen molar-refractivity contribution in [1.29, 1.82) is 0 Å². The number of carbonyl (C=O) groups excluding carboxylic acids is 2. The van der Waals surface area contributed by atoms with Crippen LogP contribution in [0.1, 0.15) is 49.7 Å². The Morgan fingerprint density at radius 1 is 1.03 bits per heavy atom. The molecule has 0 radical (unpaired) electrons. The molecule has 2 atom stereocenters. The Labute approximate surface area is 217 Å². The third-order valence-electron chi connectivity index (χ3n) is 7.13. The molecule has 2 aromatic rings. The number of aliphatic carboxylic acids is 1. The van der Waals surface area contributed by atoms with Crippen LogP contribution in [0.25, 0.3) is 0 Å². The minimum absolute atomic E-state index is 0.0754. The zero-order chi connectivity index (χ0) is 26.8. The van der Waals surface area contributed by atoms with E-state index in [0.717, 1.165) is 36.8 Å². The van der Waals surface area contributed by atoms with E-state index < -0.39 is 36.4 Å². The zero-order valence-corrected chi connectivity index (χ0v) is 21.4. The highest BCUT2D eigenvalue weighted by Gasteiger charge is 2.36. The number of carbonyl (C=O) groups is 3. The molecule has 1 fully saturated rings. The summed E-state index contributed by atoms with van der Waals surface area (Å²) in [7, 11) is 2.76. The van der Waals surface area contributed by atoms with Gasteiger partial charge in [0.05, 0.1) is 26.7 Å². The second kappa shape index (κ2) is 13.1. The number of nitrogens with one attached hydrogen (secondary N) is 2. The van der Waals surface area contributed by atoms with E-state index in [9.17, 15) is 24.6 Å². The molecule has 1 aliphatic rings. The summed E-state index contributed by atoms with van der Waals surface area (Å²) in [5.74, 6) is -1.80. The maximum atomic E-state index is 13.1. The van der Waals surface area contributed by atoms with Crippen LogP contribution in [-0.2, 0) is 31.0 Å². The number of phenolic OH excluding ortho intramolecular Hbond substituents is 1. The first-order valence-corrected chi connectivity index (χ1v) is 12.5. The monoisotopic (exact) mass is 512 g/mol. The van der Waals surface area contributed by atoms with E-state index >= 15 is 0 Å². The summed E-state index contributed by atoms with van der Waals surface area (Å²) in [5.41, 5.74) is 1.72. The Hall–Kier alpha value is -3.59. The van der Waals surface area contributed by atoms with Crippen LogP contribution in [0.15, 0.2) is 48.5 Å². The number of carboxylic acid groups (broad SMARTS) is 1. The Kier molecular flexibility index (Phi) is 9.91. The van der Waals surface area contributed by atoms with Crippen LogP contribution in [0.5, 0.6) is 11.5 Å². The van der Waals surface area contributed by atoms with Crippen molar-refractivity contribution < 1.29 is 34.1 Å². The van der Waals surface area contributed by atoms with Gasteiger partial charge in [-0.25, -0.2) is 4.79 Å². The summed E-state index contributed by atoms with van der Waals surface area (Å²) in [4.78, 5) is 37.0. The summed E-state index contributed by atoms with van der Waals surface area (Å²) >= 11 is 0. The number of hydrogen-bond donors (Lipinski definition) is 4. The van der Waals surface area contributed by atoms with Gasteiger partial charge < -0.3 is 30.3 Å². The van der Waals surface area contributed by atoms with Crippen molar-refractivity contribution in [2.75, 3.05) is 20.8 Å². The van der Waals surface area contributed by atoms with Crippen molar-refractivity contribution in [3.05, 3.63) is 59.7 Å². The van der Waals surface area contributed by atoms with Gasteiger partial charge in [0.15, 0.2) is 11.5 Å². The molecule has 0 spiro atoms. The average Bonchev–Trinajstić information content (AvgIpc) is 3.37. The van der Waals surface area contributed by atoms with E-state index in [4.69, 9.17) is 9.47 Å². The number of amides is 1. The number of aromatic hydroxyl groups is 1. The number of esters is 1. The minimum Gasteiger partial charge on any atom is -0.504 e. The molecule has 3 rings (SSSR count). The molecule has 0 heterocycles. The number of rotatable bonds is 13. The van der Waals surface area contributed by atoms with Crippen molar-refractivity contribution in [3.8, 4) is 11.5 Å². The SMILES string of the molecule is COC(=O)[C@H](Cc1ccccc1)NC(=O)[C@H](CC(=O)O)NCCC1(c2ccc(O)c(OC)c2)CCCC1. The highest BCUT2D eigenvalue weighted by atomic mass is 16.5. The molecule has 0 bridgehead atoms. The van der Waals surface area contributed by atoms with Crippen molar-refractivity contribution in [3.63, 3.8) is 0 Å². The van der Waals surface area contributed by atoms with Crippen LogP contribution < -0.4 is 15.4 Å². The molecule has 1 saturated carbocycles. The predicted molar refractivity (Wildman–Crippen MR) is 138 cm³/mol. The summed E-state index contributed by atoms with van der Waals surface area (Å²) in [6, 6.07) is 12.6. The lowest BCUT2D eigenvalue weighted by atomic mass is 9.76. The summed E-state index contributed by atoms with van der Waals surface area (Å²) in [6.07, 6.45) is 4.48. The van der Waals surface area contributed by atoms with Crippen LogP contribution in [0.4, 0.5) is 0 Å². The molecule has 2 aromatic carbocycles. The van der Waals surface area contributed by atoms with Gasteiger partial charge in [0.25, 0.3) is 0 Å². The molecule has 4 N–H and O–H groups in total. The van der Waals surface area contributed by atoms with Gasteiger partial charge in [-0.3, -0.25) is 9.59 Å². The van der Waals surface area contributed by atoms with E-state index in [0.29, 0.717) is 18.7 Å². The Morgan fingerprint density at radius 3 is 2.35 bits per heavy atom. The van der Waals surface area contributed by atoms with E-state index in [1.165, 1.54) is 14.2 Å². The van der Waals surface area contributed by atoms with Crippen molar-refractivity contribution in [2.24, 2.45) is 0 Å². The van der Waals surface area contributed by atoms with Crippen LogP contribution in [0.2, 0.25) is 0 Å². The first-order chi connectivity index (χ1) is 17.8. The second-order valence-electron chi connectivity index (χ2n) is 9.50. The fourth-order valence-corrected chi connectivity index (χ4v) is 5.12. The number of methoxy groups -OCH3 is 2. The summed E-state index contributed by atoms with van der Waals surface area (Å²) in [5, 5.41) is 25.2. The quantitative estimate of drug-likeness (QED) is 0.301. The highest BCUT2D eigenvalue weighted by molar-refractivity contribution is 5.90. The van der Waals surface area contributed by atoms with Crippen LogP contribution in [0, 0.1) is 0 Å². The maximum absolute atomic E-state index is 13.1. The smallest absolute Gasteiger partial charge is 0.328 e. The van der Waals surface area contributed by atoms with Gasteiger partial charge in [-0.15, -0.1) is 0 Å². The molecule has 200 valence electrons. The van der Waals surface area contributed by atoms with E-state index in [-0.39, 0.29) is 17.6 Å². The fourth-order valence-electron chi connectivity index (χ4n) is 5.12. The molecule has 0 aliphatic heterocycles. The van der Waals surface area contributed by atoms with Crippen LogP contribution in [-0.4, -0.2) is 60.9 Å². The van der Waals surface area contributed by atoms with E-state index in [1.807, 2.05) is 42.5 Å². The molecule has 0 unspecified atom stereocenters. The van der Waals surface area contributed by atoms with Crippen molar-refractivity contribution >= 4 is 17.8 Å². The first kappa shape index (κ1) is 28.0. The zero-order valence-electron chi connectivity index (χ0n) is 21.4. The molecular weight excluding hydrogens is 476 g/mol. The molecule has 0 saturated heterocycles. The van der Waals surface area contributed by atoms with Gasteiger partial charge in [0.2, 0.25) is 5.91 Å². The number of hydrogen-bond acceptors (Lipinski definition) is 7. The number of carboxylic acids is 1. The lowest BCUT2D eigenvalue weighted by molar-refractivity contribution is -0.145. The average molecular weight is 513 g/mol. The molecule has 0 aromatic heterocycles. The number of ether oxygens (including phenoxy) is 2. The third-order valence-corrected chi connectivity index (χ3v) is 7.13. The van der Waals surface area contributed by atoms with E-state index in [2.05, 4.69) is 10.6 Å². The van der Waals surface area contributed by atoms with Crippen LogP contribution in [0.3, 0.4) is 0 Å². The lowest BCUT2D eigenvalue weighted by Crippen LogP contribution is -2.52. The predicted octanol–water partition coefficient (Wildman–Crippen LogP) is 2.94. The Morgan fingerprint density at radius 2 is 1.73 bits per heavy atom. The molecule has 1 amide bonds. The normalized spacial score (nSPS) is 15.9. The van der Waals surface area contributed by atoms with Crippen molar-refractivity contribution in [2.45, 2.75) is 62.4 Å². The second-order valence-corrected chi connectivity index (χ2v) is 9.50. The van der Waals surface area contributed by atoms with Gasteiger partial charge in [-0.1, -0.05) is 49.2 Å². The van der Waals surface area contributed by atoms with E-state index in [1.54, 1.807) is 6.07 Å². The Balaban J connectivity index is 1.70. The summed E-state index contributed by atoms with van der Waals surface area (Å²) in [6.45, 7) is 0.399. The molecule has 9 heteroatoms. The number of phenols is 1. The fraction of sp³-hybridized carbons (Fsp3) is 0.464. The molecule has 9 nitrogen and oxygen atoms in total. The standard InChI is InChI=1S/C28H36N2O7/c1-36-24-17-20(10-11-23(24)31)28(12-6-7-13-28)14-15-29-21(18-25(32)33)26(34)30-22(27(35)37-2)16-19-8-4-3-5-9-19/h3-5,8-11,17,21-22,29,31H,6-7,12-16,18H2,1-2H3,(H,30,34)(H,32,33)/t21-,22-/m0/s1. The number of benzene rings is 2. The van der Waals surface area contributed by atoms with Crippen LogP contribution >= 0.6 is 0 Å². The topological polar surface area (TPSA) is 134 Å². The maximum Gasteiger partial charge on any atom is 0.328 e. The van der Waals surface area contributed by atoms with Crippen molar-refractivity contribution in [1.82, 2.24) is 10.6 Å². The summed E-state index contributed by atoms with van der Waals surface area (Å²) < 4.78 is 10.2. The first-order valence-electron chi connectivity index (χ1n) is 12.5. The van der Waals surface area contributed by atoms with Gasteiger partial charge in [0, 0.05) is 6.42 Å². The molecule has 37 heavy (non-hydrogen) atoms. The largest absolute Gasteiger partial charge is 0.504 e. The van der Waals surface area contributed by atoms with Gasteiger partial charge >= 0.3 is 11.9 Å². The lowest BCUT2D eigenvalue weighted by Gasteiger charge is -2.31. The van der Waals surface area contributed by atoms with Gasteiger partial charge in [0.1, 0.15) is 6.04 Å². The van der Waals surface area contributed by atoms with Gasteiger partial charge in [-0.2, -0.15) is 0 Å². The third kappa shape index (κ3) is 7.45. The minimum atomic E-state index is -1.12.